The van der Waals surface area contributed by atoms with E-state index in [9.17, 15) is 4.79 Å². The molecule has 6 nitrogen and oxygen atoms in total. The molecule has 3 aromatic rings. The summed E-state index contributed by atoms with van der Waals surface area (Å²) in [6.07, 6.45) is 1.78. The van der Waals surface area contributed by atoms with E-state index < -0.39 is 0 Å². The van der Waals surface area contributed by atoms with E-state index >= 15 is 0 Å². The third kappa shape index (κ3) is 5.29. The third-order valence-electron chi connectivity index (χ3n) is 3.78. The molecule has 2 heterocycles. The molecule has 2 aromatic heterocycles. The van der Waals surface area contributed by atoms with Gasteiger partial charge in [0.05, 0.1) is 18.0 Å². The molecule has 0 aliphatic carbocycles. The zero-order chi connectivity index (χ0) is 20.1. The minimum Gasteiger partial charge on any atom is -0.491 e. The largest absolute Gasteiger partial charge is 0.491 e. The molecular weight excluding hydrogens is 374 g/mol. The summed E-state index contributed by atoms with van der Waals surface area (Å²) in [5.41, 5.74) is 2.32. The van der Waals surface area contributed by atoms with Crippen LogP contribution in [0.4, 0.5) is 5.69 Å². The predicted molar refractivity (Wildman–Crippen MR) is 110 cm³/mol. The van der Waals surface area contributed by atoms with Gasteiger partial charge in [-0.05, 0) is 64.1 Å². The Balaban J connectivity index is 1.61. The second-order valence-electron chi connectivity index (χ2n) is 6.59. The molecule has 1 aromatic carbocycles. The average molecular weight is 398 g/mol. The molecule has 0 aliphatic rings. The summed E-state index contributed by atoms with van der Waals surface area (Å²) < 4.78 is 11.3. The number of aromatic nitrogens is 2. The Morgan fingerprint density at radius 2 is 1.82 bits per heavy atom. The monoisotopic (exact) mass is 397 g/mol. The molecule has 1 amide bonds. The van der Waals surface area contributed by atoms with Crippen molar-refractivity contribution in [2.45, 2.75) is 40.4 Å². The summed E-state index contributed by atoms with van der Waals surface area (Å²) in [4.78, 5) is 21.8. The molecule has 0 unspecified atom stereocenters. The zero-order valence-electron chi connectivity index (χ0n) is 16.4. The number of nitrogens with zero attached hydrogens (tertiary/aromatic N) is 2. The van der Waals surface area contributed by atoms with Gasteiger partial charge in [0.2, 0.25) is 0 Å². The summed E-state index contributed by atoms with van der Waals surface area (Å²) in [7, 11) is 0. The molecule has 0 saturated heterocycles. The van der Waals surface area contributed by atoms with Gasteiger partial charge >= 0.3 is 0 Å². The van der Waals surface area contributed by atoms with Crippen molar-refractivity contribution >= 4 is 22.9 Å². The quantitative estimate of drug-likeness (QED) is 0.621. The van der Waals surface area contributed by atoms with Crippen LogP contribution >= 0.6 is 11.3 Å². The molecule has 0 spiro atoms. The molecule has 3 rings (SSSR count). The van der Waals surface area contributed by atoms with Gasteiger partial charge in [-0.1, -0.05) is 0 Å². The first-order chi connectivity index (χ1) is 13.4. The van der Waals surface area contributed by atoms with Gasteiger partial charge in [-0.2, -0.15) is 0 Å². The van der Waals surface area contributed by atoms with Crippen LogP contribution in [0.3, 0.4) is 0 Å². The van der Waals surface area contributed by atoms with Gasteiger partial charge in [0.25, 0.3) is 5.91 Å². The summed E-state index contributed by atoms with van der Waals surface area (Å²) in [6, 6.07) is 11.1. The number of thiazole rings is 1. The highest BCUT2D eigenvalue weighted by Crippen LogP contribution is 2.23. The summed E-state index contributed by atoms with van der Waals surface area (Å²) >= 11 is 1.33. The number of benzene rings is 1. The first-order valence-corrected chi connectivity index (χ1v) is 9.82. The maximum absolute atomic E-state index is 12.6. The lowest BCUT2D eigenvalue weighted by Crippen LogP contribution is -2.11. The Bertz CT molecular complexity index is 935. The zero-order valence-corrected chi connectivity index (χ0v) is 17.2. The van der Waals surface area contributed by atoms with Crippen molar-refractivity contribution in [3.8, 4) is 11.5 Å². The highest BCUT2D eigenvalue weighted by molar-refractivity contribution is 7.13. The molecule has 0 fully saturated rings. The Labute approximate surface area is 168 Å². The lowest BCUT2D eigenvalue weighted by atomic mass is 10.3. The molecular formula is C21H23N3O3S. The summed E-state index contributed by atoms with van der Waals surface area (Å²) in [6.45, 7) is 7.98. The van der Waals surface area contributed by atoms with Gasteiger partial charge in [-0.3, -0.25) is 9.78 Å². The number of nitrogens with one attached hydrogen (secondary N) is 1. The van der Waals surface area contributed by atoms with Crippen molar-refractivity contribution in [1.29, 1.82) is 0 Å². The Morgan fingerprint density at radius 3 is 2.46 bits per heavy atom. The first-order valence-electron chi connectivity index (χ1n) is 9.00. The van der Waals surface area contributed by atoms with E-state index in [1.54, 1.807) is 6.20 Å². The second kappa shape index (κ2) is 8.84. The fourth-order valence-electron chi connectivity index (χ4n) is 2.49. The number of carbonyl (C=O) groups excluding carboxylic acids is 1. The van der Waals surface area contributed by atoms with Crippen LogP contribution in [0, 0.1) is 13.8 Å². The van der Waals surface area contributed by atoms with Crippen molar-refractivity contribution < 1.29 is 14.3 Å². The van der Waals surface area contributed by atoms with Crippen LogP contribution in [0.1, 0.15) is 39.9 Å². The average Bonchev–Trinajstić information content (AvgIpc) is 3.03. The normalized spacial score (nSPS) is 10.8. The number of pyridine rings is 1. The topological polar surface area (TPSA) is 73.3 Å². The van der Waals surface area contributed by atoms with Crippen molar-refractivity contribution in [2.24, 2.45) is 0 Å². The van der Waals surface area contributed by atoms with Crippen molar-refractivity contribution in [1.82, 2.24) is 9.97 Å². The minimum atomic E-state index is -0.184. The SMILES string of the molecule is Cc1ccc(OCc2nc(C)c(C(=O)Nc3ccc(OC(C)C)cc3)s2)cn1. The van der Waals surface area contributed by atoms with E-state index in [-0.39, 0.29) is 12.0 Å². The standard InChI is InChI=1S/C21H23N3O3S/c1-13(2)27-17-9-6-16(7-10-17)24-21(25)20-15(4)23-19(28-20)12-26-18-8-5-14(3)22-11-18/h5-11,13H,12H2,1-4H3,(H,24,25). The molecule has 0 saturated carbocycles. The van der Waals surface area contributed by atoms with Gasteiger partial charge in [-0.15, -0.1) is 11.3 Å². The second-order valence-corrected chi connectivity index (χ2v) is 7.67. The van der Waals surface area contributed by atoms with Crippen LogP contribution in [0.5, 0.6) is 11.5 Å². The van der Waals surface area contributed by atoms with Crippen LogP contribution in [-0.2, 0) is 6.61 Å². The molecule has 0 atom stereocenters. The highest BCUT2D eigenvalue weighted by atomic mass is 32.1. The van der Waals surface area contributed by atoms with E-state index in [1.165, 1.54) is 11.3 Å². The van der Waals surface area contributed by atoms with E-state index in [1.807, 2.05) is 64.1 Å². The molecule has 28 heavy (non-hydrogen) atoms. The Hall–Kier alpha value is -2.93. The van der Waals surface area contributed by atoms with Crippen LogP contribution in [-0.4, -0.2) is 22.0 Å². The van der Waals surface area contributed by atoms with Crippen LogP contribution < -0.4 is 14.8 Å². The van der Waals surface area contributed by atoms with Crippen molar-refractivity contribution in [3.05, 3.63) is 63.9 Å². The molecule has 0 radical (unpaired) electrons. The lowest BCUT2D eigenvalue weighted by molar-refractivity contribution is 0.102. The molecule has 7 heteroatoms. The first kappa shape index (κ1) is 19.8. The van der Waals surface area contributed by atoms with Gasteiger partial charge < -0.3 is 14.8 Å². The lowest BCUT2D eigenvalue weighted by Gasteiger charge is -2.10. The third-order valence-corrected chi connectivity index (χ3v) is 4.91. The van der Waals surface area contributed by atoms with Gasteiger partial charge in [0, 0.05) is 11.4 Å². The number of hydrogen-bond acceptors (Lipinski definition) is 6. The van der Waals surface area contributed by atoms with E-state index in [4.69, 9.17) is 9.47 Å². The highest BCUT2D eigenvalue weighted by Gasteiger charge is 2.16. The van der Waals surface area contributed by atoms with Crippen LogP contribution in [0.2, 0.25) is 0 Å². The molecule has 146 valence electrons. The summed E-state index contributed by atoms with van der Waals surface area (Å²) in [5.74, 6) is 1.26. The minimum absolute atomic E-state index is 0.108. The molecule has 1 N–H and O–H groups in total. The van der Waals surface area contributed by atoms with Crippen LogP contribution in [0.15, 0.2) is 42.6 Å². The van der Waals surface area contributed by atoms with E-state index in [0.29, 0.717) is 28.6 Å². The number of aryl methyl sites for hydroxylation is 2. The fourth-order valence-corrected chi connectivity index (χ4v) is 3.36. The number of carbonyl (C=O) groups is 1. The summed E-state index contributed by atoms with van der Waals surface area (Å²) in [5, 5.41) is 3.64. The number of rotatable bonds is 7. The Kier molecular flexibility index (Phi) is 6.26. The van der Waals surface area contributed by atoms with Gasteiger partial charge in [0.15, 0.2) is 0 Å². The fraction of sp³-hybridized carbons (Fsp3) is 0.286. The van der Waals surface area contributed by atoms with Crippen molar-refractivity contribution in [2.75, 3.05) is 5.32 Å². The van der Waals surface area contributed by atoms with Gasteiger partial charge in [-0.25, -0.2) is 4.98 Å². The Morgan fingerprint density at radius 1 is 1.11 bits per heavy atom. The number of amides is 1. The smallest absolute Gasteiger partial charge is 0.267 e. The number of ether oxygens (including phenoxy) is 2. The molecule has 0 aliphatic heterocycles. The maximum atomic E-state index is 12.6. The van der Waals surface area contributed by atoms with Gasteiger partial charge in [0.1, 0.15) is 28.0 Å². The van der Waals surface area contributed by atoms with E-state index in [0.717, 1.165) is 16.5 Å². The number of anilines is 1. The maximum Gasteiger partial charge on any atom is 0.267 e. The van der Waals surface area contributed by atoms with Crippen molar-refractivity contribution in [3.63, 3.8) is 0 Å². The van der Waals surface area contributed by atoms with Crippen LogP contribution in [0.25, 0.3) is 0 Å². The molecule has 0 bridgehead atoms. The number of hydrogen-bond donors (Lipinski definition) is 1. The predicted octanol–water partition coefficient (Wildman–Crippen LogP) is 4.77. The van der Waals surface area contributed by atoms with E-state index in [2.05, 4.69) is 15.3 Å².